The van der Waals surface area contributed by atoms with E-state index < -0.39 is 5.82 Å². The minimum atomic E-state index is -0.492. The van der Waals surface area contributed by atoms with E-state index in [1.807, 2.05) is 6.92 Å². The average molecular weight is 338 g/mol. The van der Waals surface area contributed by atoms with Crippen molar-refractivity contribution >= 4 is 17.5 Å². The minimum Gasteiger partial charge on any atom is -0.371 e. The Morgan fingerprint density at radius 3 is 3.09 bits per heavy atom. The van der Waals surface area contributed by atoms with Crippen molar-refractivity contribution in [3.05, 3.63) is 52.6 Å². The Hall–Kier alpha value is -1.92. The van der Waals surface area contributed by atoms with Crippen molar-refractivity contribution in [1.82, 2.24) is 15.1 Å². The highest BCUT2D eigenvalue weighted by Crippen LogP contribution is 2.31. The van der Waals surface area contributed by atoms with Gasteiger partial charge in [0.15, 0.2) is 0 Å². The lowest BCUT2D eigenvalue weighted by Crippen LogP contribution is -2.36. The molecule has 0 saturated carbocycles. The quantitative estimate of drug-likeness (QED) is 0.933. The van der Waals surface area contributed by atoms with Gasteiger partial charge in [0.05, 0.1) is 22.8 Å². The fourth-order valence-electron chi connectivity index (χ4n) is 2.66. The van der Waals surface area contributed by atoms with Crippen molar-refractivity contribution in [2.45, 2.75) is 32.0 Å². The van der Waals surface area contributed by atoms with Crippen LogP contribution >= 0.6 is 11.6 Å². The maximum atomic E-state index is 13.6. The third kappa shape index (κ3) is 3.38. The number of hydrogen-bond donors (Lipinski definition) is 1. The Kier molecular flexibility index (Phi) is 4.63. The van der Waals surface area contributed by atoms with E-state index >= 15 is 0 Å². The molecule has 0 radical (unpaired) electrons. The molecule has 3 rings (SSSR count). The van der Waals surface area contributed by atoms with Crippen LogP contribution in [0, 0.1) is 5.82 Å². The van der Waals surface area contributed by atoms with Crippen LogP contribution in [0.1, 0.15) is 35.4 Å². The summed E-state index contributed by atoms with van der Waals surface area (Å²) in [6, 6.07) is 4.35. The van der Waals surface area contributed by atoms with Gasteiger partial charge in [-0.05, 0) is 31.0 Å². The van der Waals surface area contributed by atoms with Crippen molar-refractivity contribution < 1.29 is 13.9 Å². The summed E-state index contributed by atoms with van der Waals surface area (Å²) in [7, 11) is 0. The summed E-state index contributed by atoms with van der Waals surface area (Å²) in [6.45, 7) is 3.16. The molecule has 0 bridgehead atoms. The van der Waals surface area contributed by atoms with Gasteiger partial charge in [0.25, 0.3) is 5.91 Å². The lowest BCUT2D eigenvalue weighted by atomic mass is 10.0. The molecule has 2 atom stereocenters. The summed E-state index contributed by atoms with van der Waals surface area (Å²) in [5.41, 5.74) is 1.17. The van der Waals surface area contributed by atoms with E-state index in [0.29, 0.717) is 30.7 Å². The van der Waals surface area contributed by atoms with Gasteiger partial charge in [-0.3, -0.25) is 9.48 Å². The van der Waals surface area contributed by atoms with Crippen LogP contribution in [0.2, 0.25) is 5.02 Å². The van der Waals surface area contributed by atoms with Crippen molar-refractivity contribution in [3.63, 3.8) is 0 Å². The fourth-order valence-corrected chi connectivity index (χ4v) is 2.78. The smallest absolute Gasteiger partial charge is 0.254 e. The van der Waals surface area contributed by atoms with E-state index in [-0.39, 0.29) is 23.1 Å². The fraction of sp³-hybridized carbons (Fsp3) is 0.375. The molecule has 1 fully saturated rings. The second-order valence-electron chi connectivity index (χ2n) is 5.42. The van der Waals surface area contributed by atoms with Crippen molar-refractivity contribution in [2.24, 2.45) is 0 Å². The first-order valence-electron chi connectivity index (χ1n) is 7.48. The molecule has 122 valence electrons. The van der Waals surface area contributed by atoms with Gasteiger partial charge >= 0.3 is 0 Å². The van der Waals surface area contributed by atoms with Gasteiger partial charge in [0.1, 0.15) is 11.9 Å². The molecule has 1 aliphatic heterocycles. The molecule has 1 aliphatic rings. The highest BCUT2D eigenvalue weighted by Gasteiger charge is 2.31. The Labute approximate surface area is 138 Å². The molecular weight excluding hydrogens is 321 g/mol. The van der Waals surface area contributed by atoms with E-state index in [9.17, 15) is 9.18 Å². The molecular formula is C16H17ClFN3O2. The van der Waals surface area contributed by atoms with Gasteiger partial charge < -0.3 is 10.1 Å². The monoisotopic (exact) mass is 337 g/mol. The highest BCUT2D eigenvalue weighted by molar-refractivity contribution is 6.30. The van der Waals surface area contributed by atoms with Crippen LogP contribution in [-0.2, 0) is 11.3 Å². The van der Waals surface area contributed by atoms with Crippen molar-refractivity contribution in [2.75, 3.05) is 6.61 Å². The third-order valence-electron chi connectivity index (χ3n) is 3.90. The molecule has 1 N–H and O–H groups in total. The van der Waals surface area contributed by atoms with E-state index in [0.717, 1.165) is 0 Å². The van der Waals surface area contributed by atoms with Crippen LogP contribution < -0.4 is 5.32 Å². The molecule has 1 aromatic carbocycles. The lowest BCUT2D eigenvalue weighted by molar-refractivity contribution is 0.0820. The highest BCUT2D eigenvalue weighted by atomic mass is 35.5. The Morgan fingerprint density at radius 2 is 2.39 bits per heavy atom. The number of amides is 1. The normalized spacial score (nSPS) is 20.7. The number of carbonyl (C=O) groups excluding carboxylic acids is 1. The van der Waals surface area contributed by atoms with Crippen LogP contribution in [0.5, 0.6) is 0 Å². The number of aromatic nitrogens is 2. The molecule has 1 amide bonds. The number of hydrogen-bond acceptors (Lipinski definition) is 3. The number of rotatable bonds is 4. The van der Waals surface area contributed by atoms with Gasteiger partial charge in [-0.15, -0.1) is 0 Å². The van der Waals surface area contributed by atoms with Crippen LogP contribution in [0.4, 0.5) is 4.39 Å². The predicted molar refractivity (Wildman–Crippen MR) is 83.9 cm³/mol. The zero-order chi connectivity index (χ0) is 16.4. The number of benzene rings is 1. The largest absolute Gasteiger partial charge is 0.371 e. The minimum absolute atomic E-state index is 0.0688. The first kappa shape index (κ1) is 16.0. The molecule has 5 nitrogen and oxygen atoms in total. The molecule has 0 aliphatic carbocycles. The summed E-state index contributed by atoms with van der Waals surface area (Å²) in [5, 5.41) is 7.10. The summed E-state index contributed by atoms with van der Waals surface area (Å²) in [5.74, 6) is -0.700. The number of nitrogens with one attached hydrogen (secondary N) is 1. The average Bonchev–Trinajstić information content (AvgIpc) is 3.19. The van der Waals surface area contributed by atoms with Crippen molar-refractivity contribution in [3.8, 4) is 0 Å². The van der Waals surface area contributed by atoms with E-state index in [2.05, 4.69) is 10.4 Å². The molecule has 2 heterocycles. The summed E-state index contributed by atoms with van der Waals surface area (Å²) >= 11 is 5.71. The maximum absolute atomic E-state index is 13.6. The number of nitrogens with zero attached hydrogens (tertiary/aromatic N) is 2. The predicted octanol–water partition coefficient (Wildman–Crippen LogP) is 2.96. The third-order valence-corrected chi connectivity index (χ3v) is 4.21. The standard InChI is InChI=1S/C16H17ClFN3O2/c1-2-21-9-11(8-19-21)16(22)20-14-5-6-23-15(14)10-3-4-12(17)13(18)7-10/h3-4,7-9,14-15H,2,5-6H2,1H3,(H,20,22)/t14-,15+/m1/s1. The zero-order valence-electron chi connectivity index (χ0n) is 12.6. The van der Waals surface area contributed by atoms with Crippen LogP contribution in [0.25, 0.3) is 0 Å². The van der Waals surface area contributed by atoms with Gasteiger partial charge in [-0.1, -0.05) is 17.7 Å². The van der Waals surface area contributed by atoms with Gasteiger partial charge in [-0.25, -0.2) is 4.39 Å². The second-order valence-corrected chi connectivity index (χ2v) is 5.83. The summed E-state index contributed by atoms with van der Waals surface area (Å²) < 4.78 is 21.0. The number of ether oxygens (including phenoxy) is 1. The lowest BCUT2D eigenvalue weighted by Gasteiger charge is -2.20. The first-order chi connectivity index (χ1) is 11.1. The number of aryl methyl sites for hydroxylation is 1. The molecule has 2 aromatic rings. The Bertz CT molecular complexity index is 719. The number of carbonyl (C=O) groups is 1. The Balaban J connectivity index is 1.73. The zero-order valence-corrected chi connectivity index (χ0v) is 13.4. The maximum Gasteiger partial charge on any atom is 0.254 e. The molecule has 0 spiro atoms. The van der Waals surface area contributed by atoms with Crippen LogP contribution in [0.15, 0.2) is 30.6 Å². The second kappa shape index (κ2) is 6.68. The Morgan fingerprint density at radius 1 is 1.57 bits per heavy atom. The first-order valence-corrected chi connectivity index (χ1v) is 7.86. The molecule has 1 saturated heterocycles. The SMILES string of the molecule is CCn1cc(C(=O)N[C@@H]2CCO[C@H]2c2ccc(Cl)c(F)c2)cn1. The molecule has 0 unspecified atom stereocenters. The topological polar surface area (TPSA) is 56.2 Å². The van der Waals surface area contributed by atoms with E-state index in [1.54, 1.807) is 16.9 Å². The number of halogens is 2. The van der Waals surface area contributed by atoms with Crippen molar-refractivity contribution in [1.29, 1.82) is 0 Å². The van der Waals surface area contributed by atoms with Gasteiger partial charge in [0, 0.05) is 19.3 Å². The van der Waals surface area contributed by atoms with Gasteiger partial charge in [-0.2, -0.15) is 5.10 Å². The van der Waals surface area contributed by atoms with Crippen LogP contribution in [0.3, 0.4) is 0 Å². The van der Waals surface area contributed by atoms with Gasteiger partial charge in [0.2, 0.25) is 0 Å². The molecule has 1 aromatic heterocycles. The van der Waals surface area contributed by atoms with Crippen LogP contribution in [-0.4, -0.2) is 28.3 Å². The van der Waals surface area contributed by atoms with E-state index in [1.165, 1.54) is 18.3 Å². The summed E-state index contributed by atoms with van der Waals surface area (Å²) in [4.78, 5) is 12.3. The summed E-state index contributed by atoms with van der Waals surface area (Å²) in [6.07, 6.45) is 3.52. The molecule has 23 heavy (non-hydrogen) atoms. The molecule has 7 heteroatoms. The van der Waals surface area contributed by atoms with E-state index in [4.69, 9.17) is 16.3 Å².